The Balaban J connectivity index is 2.94. The molecule has 0 heterocycles. The Hall–Kier alpha value is 0.180. The molecule has 0 aliphatic carbocycles. The molecule has 1 nitrogen and oxygen atoms in total. The van der Waals surface area contributed by atoms with Gasteiger partial charge in [-0.15, -0.1) is 0 Å². The summed E-state index contributed by atoms with van der Waals surface area (Å²) in [5.74, 6) is 0. The van der Waals surface area contributed by atoms with Crippen LogP contribution < -0.4 is 8.55 Å². The summed E-state index contributed by atoms with van der Waals surface area (Å²) in [5, 5.41) is 0. The zero-order valence-electron chi connectivity index (χ0n) is 5.59. The third-order valence-corrected chi connectivity index (χ3v) is 1.94. The van der Waals surface area contributed by atoms with Crippen LogP contribution in [0.15, 0.2) is 24.3 Å². The fourth-order valence-electron chi connectivity index (χ4n) is 0.839. The van der Waals surface area contributed by atoms with Crippen molar-refractivity contribution in [3.8, 4) is 0 Å². The van der Waals surface area contributed by atoms with E-state index in [1.807, 2.05) is 0 Å². The van der Waals surface area contributed by atoms with Crippen molar-refractivity contribution in [3.63, 3.8) is 0 Å². The Morgan fingerprint density at radius 2 is 2.22 bits per heavy atom. The van der Waals surface area contributed by atoms with Crippen LogP contribution in [-0.4, -0.2) is 27.9 Å². The number of hydrogen-bond acceptors (Lipinski definition) is 1. The number of hydrogen-bond donors (Lipinski definition) is 1. The van der Waals surface area contributed by atoms with Gasteiger partial charge in [0.1, 0.15) is 0 Å². The summed E-state index contributed by atoms with van der Waals surface area (Å²) < 4.78 is 1.41. The van der Waals surface area contributed by atoms with E-state index < -0.39 is 0 Å². The summed E-state index contributed by atoms with van der Waals surface area (Å²) in [4.78, 5) is 0. The van der Waals surface area contributed by atoms with E-state index >= 15 is 0 Å². The van der Waals surface area contributed by atoms with Crippen molar-refractivity contribution in [3.05, 3.63) is 29.8 Å². The van der Waals surface area contributed by atoms with E-state index in [0.717, 1.165) is 27.9 Å². The molecule has 0 spiro atoms. The predicted molar refractivity (Wildman–Crippen MR) is 39.7 cm³/mol. The number of nitrogens with two attached hydrogens (primary N) is 1. The molecule has 0 saturated carbocycles. The average molecular weight is 129 g/mol. The van der Waals surface area contributed by atoms with Gasteiger partial charge in [0, 0.05) is 0 Å². The summed E-state index contributed by atoms with van der Waals surface area (Å²) in [7, 11) is 0. The predicted octanol–water partition coefficient (Wildman–Crippen LogP) is -0.0609. The average Bonchev–Trinajstić information content (AvgIpc) is 1.88. The molecule has 0 bridgehead atoms. The molecule has 0 aliphatic heterocycles. The van der Waals surface area contributed by atoms with Crippen LogP contribution in [0.4, 0.5) is 0 Å². The fourth-order valence-corrected chi connectivity index (χ4v) is 1.40. The Bertz CT molecular complexity index is 198. The molecule has 0 amide bonds. The maximum atomic E-state index is 5.43. The first-order chi connectivity index (χ1) is 4.33. The van der Waals surface area contributed by atoms with Gasteiger partial charge < -0.3 is 0 Å². The quantitative estimate of drug-likeness (QED) is 0.528. The molecule has 0 aliphatic rings. The minimum atomic E-state index is 0.663. The van der Waals surface area contributed by atoms with Crippen LogP contribution in [0.3, 0.4) is 0 Å². The van der Waals surface area contributed by atoms with E-state index in [4.69, 9.17) is 5.73 Å². The zero-order valence-corrected chi connectivity index (χ0v) is 7.59. The van der Waals surface area contributed by atoms with Crippen LogP contribution in [0.5, 0.6) is 0 Å². The first-order valence-electron chi connectivity index (χ1n) is 3.08. The number of benzene rings is 1. The van der Waals surface area contributed by atoms with Gasteiger partial charge in [-0.25, -0.2) is 0 Å². The summed E-state index contributed by atoms with van der Waals surface area (Å²) >= 11 is 1.12. The van der Waals surface area contributed by atoms with Gasteiger partial charge in [-0.3, -0.25) is 0 Å². The van der Waals surface area contributed by atoms with Crippen LogP contribution in [0.1, 0.15) is 5.56 Å². The SMILES string of the molecule is NCc1ccc[c]([Na])c1. The molecule has 1 aromatic carbocycles. The monoisotopic (exact) mass is 129 g/mol. The summed E-state index contributed by atoms with van der Waals surface area (Å²) in [6.07, 6.45) is 0. The van der Waals surface area contributed by atoms with Crippen LogP contribution >= 0.6 is 0 Å². The van der Waals surface area contributed by atoms with Crippen LogP contribution in [0, 0.1) is 0 Å². The molecule has 2 N–H and O–H groups in total. The van der Waals surface area contributed by atoms with E-state index in [2.05, 4.69) is 24.3 Å². The second-order valence-electron chi connectivity index (χ2n) is 2.19. The Morgan fingerprint density at radius 1 is 1.44 bits per heavy atom. The van der Waals surface area contributed by atoms with Crippen molar-refractivity contribution in [2.45, 2.75) is 6.54 Å². The van der Waals surface area contributed by atoms with Gasteiger partial charge in [0.05, 0.1) is 0 Å². The van der Waals surface area contributed by atoms with Gasteiger partial charge in [-0.05, 0) is 0 Å². The normalized spacial score (nSPS) is 9.67. The van der Waals surface area contributed by atoms with E-state index in [-0.39, 0.29) is 0 Å². The van der Waals surface area contributed by atoms with Crippen molar-refractivity contribution < 1.29 is 0 Å². The fraction of sp³-hybridized carbons (Fsp3) is 0.143. The Morgan fingerprint density at radius 3 is 2.67 bits per heavy atom. The molecule has 0 saturated heterocycles. The maximum absolute atomic E-state index is 5.43. The van der Waals surface area contributed by atoms with E-state index in [1.165, 1.54) is 8.38 Å². The molecule has 42 valence electrons. The van der Waals surface area contributed by atoms with Crippen LogP contribution in [0.2, 0.25) is 0 Å². The zero-order chi connectivity index (χ0) is 6.69. The summed E-state index contributed by atoms with van der Waals surface area (Å²) in [6.45, 7) is 0.663. The molecular formula is C7H8NNa. The molecule has 1 rings (SSSR count). The van der Waals surface area contributed by atoms with E-state index in [1.54, 1.807) is 0 Å². The Labute approximate surface area is 72.7 Å². The van der Waals surface area contributed by atoms with Gasteiger partial charge in [0.15, 0.2) is 0 Å². The second kappa shape index (κ2) is 3.37. The van der Waals surface area contributed by atoms with Gasteiger partial charge >= 0.3 is 72.9 Å². The van der Waals surface area contributed by atoms with E-state index in [0.29, 0.717) is 6.54 Å². The molecule has 0 atom stereocenters. The van der Waals surface area contributed by atoms with Crippen molar-refractivity contribution in [1.82, 2.24) is 0 Å². The first kappa shape index (κ1) is 7.29. The van der Waals surface area contributed by atoms with E-state index in [9.17, 15) is 0 Å². The first-order valence-corrected chi connectivity index (χ1v) is 4.08. The van der Waals surface area contributed by atoms with Gasteiger partial charge in [0.2, 0.25) is 0 Å². The van der Waals surface area contributed by atoms with Crippen LogP contribution in [0.25, 0.3) is 0 Å². The Kier molecular flexibility index (Phi) is 2.73. The second-order valence-corrected chi connectivity index (χ2v) is 3.35. The molecule has 0 unspecified atom stereocenters. The molecule has 0 fully saturated rings. The minimum absolute atomic E-state index is 0.663. The molecule has 2 heteroatoms. The summed E-state index contributed by atoms with van der Waals surface area (Å²) in [5.41, 5.74) is 6.67. The molecule has 0 aromatic heterocycles. The number of rotatable bonds is 1. The summed E-state index contributed by atoms with van der Waals surface area (Å²) in [6, 6.07) is 8.41. The van der Waals surface area contributed by atoms with Crippen molar-refractivity contribution in [1.29, 1.82) is 0 Å². The molecule has 9 heavy (non-hydrogen) atoms. The topological polar surface area (TPSA) is 26.0 Å². The molecule has 1 aromatic rings. The van der Waals surface area contributed by atoms with Crippen molar-refractivity contribution >= 4 is 30.7 Å². The van der Waals surface area contributed by atoms with Gasteiger partial charge in [-0.1, -0.05) is 0 Å². The third kappa shape index (κ3) is 2.11. The third-order valence-electron chi connectivity index (χ3n) is 1.32. The molecular weight excluding hydrogens is 121 g/mol. The van der Waals surface area contributed by atoms with Crippen molar-refractivity contribution in [2.75, 3.05) is 0 Å². The van der Waals surface area contributed by atoms with Gasteiger partial charge in [-0.2, -0.15) is 0 Å². The molecule has 0 radical (unpaired) electrons. The van der Waals surface area contributed by atoms with Crippen LogP contribution in [-0.2, 0) is 6.54 Å². The van der Waals surface area contributed by atoms with Gasteiger partial charge in [0.25, 0.3) is 0 Å². The van der Waals surface area contributed by atoms with Crippen molar-refractivity contribution in [2.24, 2.45) is 5.73 Å². The standard InChI is InChI=1S/C7H8N.Na/c8-6-7-4-2-1-3-5-7;/h1-2,4-5H,6,8H2;.